The van der Waals surface area contributed by atoms with Crippen molar-refractivity contribution >= 4 is 23.9 Å². The number of aromatic nitrogens is 1. The third kappa shape index (κ3) is 3.92. The zero-order valence-electron chi connectivity index (χ0n) is 25.6. The van der Waals surface area contributed by atoms with Crippen molar-refractivity contribution in [1.82, 2.24) is 4.57 Å². The molecule has 2 aromatic rings. The molecule has 0 fully saturated rings. The fourth-order valence-electron chi connectivity index (χ4n) is 9.04. The van der Waals surface area contributed by atoms with E-state index in [1.807, 2.05) is 0 Å². The number of rotatable bonds is 4. The van der Waals surface area contributed by atoms with E-state index in [1.54, 1.807) is 0 Å². The zero-order chi connectivity index (χ0) is 29.5. The summed E-state index contributed by atoms with van der Waals surface area (Å²) in [7, 11) is 0. The Morgan fingerprint density at radius 2 is 1.80 bits per heavy atom. The second-order valence-corrected chi connectivity index (χ2v) is 13.9. The summed E-state index contributed by atoms with van der Waals surface area (Å²) in [5.41, 5.74) is 8.78. The SMILES string of the molecule is C1=CCC(C2C=C(C3=NC4(n5c6c(c7c5=CC(c5cccc8c5OC5C=CCCC85)CC=7)CCC=C6)C=C4C=C3)C=CC2)C=C1. The molecule has 6 atom stereocenters. The number of hydrogen-bond acceptors (Lipinski definition) is 2. The number of hydrogen-bond donors (Lipinski definition) is 0. The van der Waals surface area contributed by atoms with E-state index in [-0.39, 0.29) is 12.0 Å². The van der Waals surface area contributed by atoms with E-state index in [0.717, 1.165) is 50.0 Å². The summed E-state index contributed by atoms with van der Waals surface area (Å²) in [4.78, 5) is 5.60. The maximum atomic E-state index is 6.67. The van der Waals surface area contributed by atoms with Gasteiger partial charge in [0.2, 0.25) is 0 Å². The van der Waals surface area contributed by atoms with Crippen molar-refractivity contribution in [2.75, 3.05) is 0 Å². The Hall–Kier alpha value is -4.37. The minimum Gasteiger partial charge on any atom is -0.485 e. The summed E-state index contributed by atoms with van der Waals surface area (Å²) in [6.07, 6.45) is 45.4. The van der Waals surface area contributed by atoms with Gasteiger partial charge in [-0.15, -0.1) is 0 Å². The molecule has 0 bridgehead atoms. The van der Waals surface area contributed by atoms with E-state index in [2.05, 4.69) is 120 Å². The molecule has 0 N–H and O–H groups in total. The molecule has 1 aromatic heterocycles. The summed E-state index contributed by atoms with van der Waals surface area (Å²) in [5.74, 6) is 2.98. The molecule has 3 heterocycles. The molecule has 1 aromatic carbocycles. The highest BCUT2D eigenvalue weighted by molar-refractivity contribution is 6.12. The topological polar surface area (TPSA) is 26.5 Å². The lowest BCUT2D eigenvalue weighted by Crippen LogP contribution is -2.40. The van der Waals surface area contributed by atoms with Crippen molar-refractivity contribution in [2.45, 2.75) is 68.5 Å². The number of fused-ring (bicyclic) bond motifs is 7. The lowest BCUT2D eigenvalue weighted by molar-refractivity contribution is 0.242. The number of aliphatic imine (C=N–C) groups is 1. The van der Waals surface area contributed by atoms with Crippen molar-refractivity contribution in [1.29, 1.82) is 0 Å². The van der Waals surface area contributed by atoms with E-state index in [9.17, 15) is 0 Å². The molecule has 6 unspecified atom stereocenters. The summed E-state index contributed by atoms with van der Waals surface area (Å²) in [6.45, 7) is 0. The number of nitrogens with zero attached hydrogens (tertiary/aromatic N) is 2. The first-order chi connectivity index (χ1) is 22.3. The molecule has 10 rings (SSSR count). The standard InChI is InChI=1S/C42H38N2O/c1-2-10-27(11-3-1)28-12-8-13-30(24-28)37-23-21-31-26-42(31,43-37)44-38-18-6-4-14-33(38)34-22-20-29(25-39(34)44)32-16-9-17-36-35-15-5-7-19-40(35)45-41(32)36/h1-3,6-10,13,16-19,21-29,35,40H,4-5,11-12,14-15,20H2. The Morgan fingerprint density at radius 1 is 0.844 bits per heavy atom. The lowest BCUT2D eigenvalue weighted by Gasteiger charge is -2.27. The fourth-order valence-corrected chi connectivity index (χ4v) is 9.04. The average molecular weight is 587 g/mol. The Bertz CT molecular complexity index is 2050. The van der Waals surface area contributed by atoms with Crippen molar-refractivity contribution in [3.8, 4) is 5.75 Å². The largest absolute Gasteiger partial charge is 0.485 e. The Morgan fingerprint density at radius 3 is 2.76 bits per heavy atom. The summed E-state index contributed by atoms with van der Waals surface area (Å²) in [6, 6.07) is 6.87. The second kappa shape index (κ2) is 9.81. The van der Waals surface area contributed by atoms with Gasteiger partial charge in [-0.1, -0.05) is 91.1 Å². The predicted molar refractivity (Wildman–Crippen MR) is 184 cm³/mol. The molecule has 0 saturated heterocycles. The predicted octanol–water partition coefficient (Wildman–Crippen LogP) is 7.63. The van der Waals surface area contributed by atoms with Crippen LogP contribution in [0.2, 0.25) is 0 Å². The molecule has 6 aliphatic carbocycles. The Balaban J connectivity index is 1.08. The van der Waals surface area contributed by atoms with E-state index in [0.29, 0.717) is 17.8 Å². The molecule has 0 saturated carbocycles. The van der Waals surface area contributed by atoms with Gasteiger partial charge in [0.25, 0.3) is 0 Å². The highest BCUT2D eigenvalue weighted by Crippen LogP contribution is 2.50. The highest BCUT2D eigenvalue weighted by Gasteiger charge is 2.49. The van der Waals surface area contributed by atoms with Crippen molar-refractivity contribution in [3.05, 3.63) is 141 Å². The number of ether oxygens (including phenoxy) is 1. The van der Waals surface area contributed by atoms with Crippen LogP contribution in [0.4, 0.5) is 0 Å². The van der Waals surface area contributed by atoms with Gasteiger partial charge in [0.05, 0.1) is 5.71 Å². The van der Waals surface area contributed by atoms with E-state index >= 15 is 0 Å². The fraction of sp³-hybridized carbons (Fsp3) is 0.310. The first-order valence-corrected chi connectivity index (χ1v) is 17.1. The maximum Gasteiger partial charge on any atom is 0.182 e. The van der Waals surface area contributed by atoms with Crippen LogP contribution in [0.1, 0.15) is 72.7 Å². The van der Waals surface area contributed by atoms with Gasteiger partial charge in [-0.25, -0.2) is 4.99 Å². The zero-order valence-corrected chi connectivity index (χ0v) is 25.6. The van der Waals surface area contributed by atoms with Gasteiger partial charge >= 0.3 is 0 Å². The quantitative estimate of drug-likeness (QED) is 0.339. The van der Waals surface area contributed by atoms with Crippen molar-refractivity contribution in [2.24, 2.45) is 16.8 Å². The molecule has 3 heteroatoms. The summed E-state index contributed by atoms with van der Waals surface area (Å²) in [5, 5.41) is 2.75. The molecule has 0 amide bonds. The maximum absolute atomic E-state index is 6.67. The van der Waals surface area contributed by atoms with Gasteiger partial charge in [0.1, 0.15) is 11.9 Å². The monoisotopic (exact) mass is 586 g/mol. The van der Waals surface area contributed by atoms with E-state index in [1.165, 1.54) is 50.5 Å². The normalized spacial score (nSPS) is 32.5. The van der Waals surface area contributed by atoms with Gasteiger partial charge in [-0.3, -0.25) is 0 Å². The van der Waals surface area contributed by atoms with Crippen LogP contribution < -0.4 is 15.3 Å². The highest BCUT2D eigenvalue weighted by atomic mass is 16.5. The van der Waals surface area contributed by atoms with Crippen LogP contribution in [0.5, 0.6) is 5.75 Å². The summed E-state index contributed by atoms with van der Waals surface area (Å²) >= 11 is 0. The van der Waals surface area contributed by atoms with Gasteiger partial charge in [-0.05, 0) is 97.4 Å². The van der Waals surface area contributed by atoms with Crippen LogP contribution in [-0.4, -0.2) is 16.4 Å². The third-order valence-electron chi connectivity index (χ3n) is 11.4. The molecule has 0 radical (unpaired) electrons. The van der Waals surface area contributed by atoms with Crippen LogP contribution in [0.25, 0.3) is 18.2 Å². The van der Waals surface area contributed by atoms with Crippen LogP contribution in [0.3, 0.4) is 0 Å². The number of allylic oxidation sites excluding steroid dienone is 11. The molecular formula is C42H38N2O. The van der Waals surface area contributed by atoms with Crippen molar-refractivity contribution < 1.29 is 4.74 Å². The van der Waals surface area contributed by atoms with Crippen LogP contribution in [0, 0.1) is 11.8 Å². The van der Waals surface area contributed by atoms with Gasteiger partial charge in [0, 0.05) is 39.6 Å². The third-order valence-corrected chi connectivity index (χ3v) is 11.4. The molecule has 222 valence electrons. The second-order valence-electron chi connectivity index (χ2n) is 13.9. The average Bonchev–Trinajstić information content (AvgIpc) is 3.56. The minimum atomic E-state index is -0.445. The molecule has 0 spiro atoms. The smallest absolute Gasteiger partial charge is 0.182 e. The molecule has 8 aliphatic rings. The first kappa shape index (κ1) is 25.9. The van der Waals surface area contributed by atoms with Crippen LogP contribution >= 0.6 is 0 Å². The number of dihydropyridines is 1. The number of benzene rings is 1. The van der Waals surface area contributed by atoms with Gasteiger partial charge < -0.3 is 9.30 Å². The summed E-state index contributed by atoms with van der Waals surface area (Å²) < 4.78 is 9.24. The Kier molecular flexibility index (Phi) is 5.65. The number of para-hydroxylation sites is 1. The molecule has 3 nitrogen and oxygen atoms in total. The van der Waals surface area contributed by atoms with E-state index in [4.69, 9.17) is 9.73 Å². The Labute approximate surface area is 265 Å². The van der Waals surface area contributed by atoms with Crippen molar-refractivity contribution in [3.63, 3.8) is 0 Å². The van der Waals surface area contributed by atoms with Crippen LogP contribution in [-0.2, 0) is 12.1 Å². The molecular weight excluding hydrogens is 548 g/mol. The minimum absolute atomic E-state index is 0.187. The van der Waals surface area contributed by atoms with E-state index < -0.39 is 5.66 Å². The lowest BCUT2D eigenvalue weighted by atomic mass is 9.80. The van der Waals surface area contributed by atoms with Gasteiger partial charge in [0.15, 0.2) is 5.66 Å². The van der Waals surface area contributed by atoms with Crippen LogP contribution in [0.15, 0.2) is 113 Å². The molecule has 2 aliphatic heterocycles. The molecule has 45 heavy (non-hydrogen) atoms. The van der Waals surface area contributed by atoms with Gasteiger partial charge in [-0.2, -0.15) is 0 Å². The first-order valence-electron chi connectivity index (χ1n) is 17.1.